The van der Waals surface area contributed by atoms with Gasteiger partial charge in [0.05, 0.1) is 4.92 Å². The van der Waals surface area contributed by atoms with Crippen molar-refractivity contribution in [1.82, 2.24) is 5.32 Å². The highest BCUT2D eigenvalue weighted by Crippen LogP contribution is 2.23. The van der Waals surface area contributed by atoms with Crippen molar-refractivity contribution in [3.63, 3.8) is 0 Å². The molecule has 1 N–H and O–H groups in total. The first-order valence-corrected chi connectivity index (χ1v) is 7.45. The average Bonchev–Trinajstić information content (AvgIpc) is 2.37. The van der Waals surface area contributed by atoms with Gasteiger partial charge in [0.2, 0.25) is 0 Å². The average molecular weight is 329 g/mol. The molecule has 1 rings (SSSR count). The standard InChI is InChI=1S/C14H21BrN2O2/c1-4-11(5-2)10(3)16-9-12-8-13(15)6-7-14(12)17(18)19/h6-8,10-11,16H,4-5,9H2,1-3H3. The number of halogens is 1. The van der Waals surface area contributed by atoms with Crippen molar-refractivity contribution in [3.05, 3.63) is 38.3 Å². The van der Waals surface area contributed by atoms with Gasteiger partial charge in [0.1, 0.15) is 0 Å². The number of rotatable bonds is 7. The molecule has 0 saturated heterocycles. The van der Waals surface area contributed by atoms with Crippen molar-refractivity contribution in [3.8, 4) is 0 Å². The van der Waals surface area contributed by atoms with Gasteiger partial charge in [-0.3, -0.25) is 10.1 Å². The molecule has 1 atom stereocenters. The van der Waals surface area contributed by atoms with E-state index in [0.717, 1.165) is 22.9 Å². The van der Waals surface area contributed by atoms with Crippen LogP contribution in [0.25, 0.3) is 0 Å². The summed E-state index contributed by atoms with van der Waals surface area (Å²) in [5, 5.41) is 14.4. The molecule has 0 aliphatic carbocycles. The molecule has 4 nitrogen and oxygen atoms in total. The number of hydrogen-bond acceptors (Lipinski definition) is 3. The minimum absolute atomic E-state index is 0.174. The second kappa shape index (κ2) is 7.60. The maximum absolute atomic E-state index is 11.0. The van der Waals surface area contributed by atoms with Gasteiger partial charge in [0.15, 0.2) is 0 Å². The molecule has 1 aromatic carbocycles. The Morgan fingerprint density at radius 2 is 2.00 bits per heavy atom. The lowest BCUT2D eigenvalue weighted by molar-refractivity contribution is -0.385. The molecule has 0 fully saturated rings. The fraction of sp³-hybridized carbons (Fsp3) is 0.571. The monoisotopic (exact) mass is 328 g/mol. The fourth-order valence-corrected chi connectivity index (χ4v) is 2.72. The molecular formula is C14H21BrN2O2. The predicted octanol–water partition coefficient (Wildman–Crippen LogP) is 4.27. The summed E-state index contributed by atoms with van der Waals surface area (Å²) in [4.78, 5) is 10.7. The van der Waals surface area contributed by atoms with Crippen molar-refractivity contribution >= 4 is 21.6 Å². The minimum atomic E-state index is -0.328. The maximum atomic E-state index is 11.0. The summed E-state index contributed by atoms with van der Waals surface area (Å²) in [6, 6.07) is 5.41. The third-order valence-electron chi connectivity index (χ3n) is 3.61. The van der Waals surface area contributed by atoms with Crippen molar-refractivity contribution < 1.29 is 4.92 Å². The third kappa shape index (κ3) is 4.58. The van der Waals surface area contributed by atoms with Crippen molar-refractivity contribution in [2.24, 2.45) is 5.92 Å². The molecule has 106 valence electrons. The normalized spacial score (nSPS) is 12.7. The Morgan fingerprint density at radius 3 is 2.53 bits per heavy atom. The van der Waals surface area contributed by atoms with E-state index in [-0.39, 0.29) is 10.6 Å². The van der Waals surface area contributed by atoms with Crippen LogP contribution >= 0.6 is 15.9 Å². The number of nitro benzene ring substituents is 1. The van der Waals surface area contributed by atoms with Gasteiger partial charge < -0.3 is 5.32 Å². The minimum Gasteiger partial charge on any atom is -0.310 e. The second-order valence-corrected chi connectivity index (χ2v) is 5.69. The lowest BCUT2D eigenvalue weighted by Gasteiger charge is -2.22. The molecule has 0 heterocycles. The summed E-state index contributed by atoms with van der Waals surface area (Å²) in [5.41, 5.74) is 0.893. The van der Waals surface area contributed by atoms with E-state index < -0.39 is 0 Å². The molecule has 0 spiro atoms. The van der Waals surface area contributed by atoms with E-state index in [1.54, 1.807) is 12.1 Å². The Morgan fingerprint density at radius 1 is 1.37 bits per heavy atom. The predicted molar refractivity (Wildman–Crippen MR) is 81.2 cm³/mol. The first kappa shape index (κ1) is 16.1. The Hall–Kier alpha value is -0.940. The molecule has 0 amide bonds. The number of nitro groups is 1. The molecular weight excluding hydrogens is 308 g/mol. The van der Waals surface area contributed by atoms with Crippen LogP contribution in [0.5, 0.6) is 0 Å². The quantitative estimate of drug-likeness (QED) is 0.600. The van der Waals surface area contributed by atoms with Crippen LogP contribution in [0.1, 0.15) is 39.2 Å². The molecule has 0 saturated carbocycles. The van der Waals surface area contributed by atoms with Crippen molar-refractivity contribution in [2.45, 2.75) is 46.2 Å². The van der Waals surface area contributed by atoms with Crippen LogP contribution in [0.3, 0.4) is 0 Å². The molecule has 1 aromatic rings. The Bertz CT molecular complexity index is 433. The largest absolute Gasteiger partial charge is 0.310 e. The zero-order chi connectivity index (χ0) is 14.4. The Kier molecular flexibility index (Phi) is 6.45. The van der Waals surface area contributed by atoms with E-state index >= 15 is 0 Å². The lowest BCUT2D eigenvalue weighted by Crippen LogP contribution is -2.32. The van der Waals surface area contributed by atoms with Crippen LogP contribution in [0, 0.1) is 16.0 Å². The number of nitrogens with one attached hydrogen (secondary N) is 1. The fourth-order valence-electron chi connectivity index (χ4n) is 2.31. The van der Waals surface area contributed by atoms with E-state index in [0.29, 0.717) is 18.5 Å². The summed E-state index contributed by atoms with van der Waals surface area (Å²) in [5.74, 6) is 0.603. The van der Waals surface area contributed by atoms with E-state index in [2.05, 4.69) is 42.0 Å². The summed E-state index contributed by atoms with van der Waals surface area (Å²) in [6.45, 7) is 7.01. The van der Waals surface area contributed by atoms with Gasteiger partial charge in [-0.05, 0) is 25.0 Å². The maximum Gasteiger partial charge on any atom is 0.273 e. The molecule has 0 aliphatic rings. The van der Waals surface area contributed by atoms with Crippen LogP contribution in [0.15, 0.2) is 22.7 Å². The van der Waals surface area contributed by atoms with Crippen LogP contribution in [-0.2, 0) is 6.54 Å². The van der Waals surface area contributed by atoms with Gasteiger partial charge >= 0.3 is 0 Å². The molecule has 0 radical (unpaired) electrons. The smallest absolute Gasteiger partial charge is 0.273 e. The SMILES string of the molecule is CCC(CC)C(C)NCc1cc(Br)ccc1[N+](=O)[O-]. The highest BCUT2D eigenvalue weighted by molar-refractivity contribution is 9.10. The van der Waals surface area contributed by atoms with E-state index in [1.165, 1.54) is 0 Å². The van der Waals surface area contributed by atoms with Crippen LogP contribution in [0.2, 0.25) is 0 Å². The Balaban J connectivity index is 2.76. The van der Waals surface area contributed by atoms with Gasteiger partial charge in [0, 0.05) is 28.7 Å². The summed E-state index contributed by atoms with van der Waals surface area (Å²) >= 11 is 3.36. The second-order valence-electron chi connectivity index (χ2n) is 4.78. The number of benzene rings is 1. The van der Waals surface area contributed by atoms with Crippen molar-refractivity contribution in [1.29, 1.82) is 0 Å². The molecule has 0 aliphatic heterocycles. The highest BCUT2D eigenvalue weighted by Gasteiger charge is 2.17. The van der Waals surface area contributed by atoms with Crippen molar-refractivity contribution in [2.75, 3.05) is 0 Å². The molecule has 0 aromatic heterocycles. The first-order valence-electron chi connectivity index (χ1n) is 6.65. The number of nitrogens with zero attached hydrogens (tertiary/aromatic N) is 1. The lowest BCUT2D eigenvalue weighted by atomic mass is 9.95. The molecule has 0 bridgehead atoms. The number of hydrogen-bond donors (Lipinski definition) is 1. The molecule has 5 heteroatoms. The van der Waals surface area contributed by atoms with Crippen LogP contribution in [0.4, 0.5) is 5.69 Å². The summed E-state index contributed by atoms with van der Waals surface area (Å²) in [7, 11) is 0. The molecule has 1 unspecified atom stereocenters. The van der Waals surface area contributed by atoms with E-state index in [4.69, 9.17) is 0 Å². The summed E-state index contributed by atoms with van der Waals surface area (Å²) in [6.07, 6.45) is 2.23. The molecule has 19 heavy (non-hydrogen) atoms. The van der Waals surface area contributed by atoms with Gasteiger partial charge in [-0.1, -0.05) is 42.6 Å². The third-order valence-corrected chi connectivity index (χ3v) is 4.10. The van der Waals surface area contributed by atoms with Gasteiger partial charge in [-0.15, -0.1) is 0 Å². The van der Waals surface area contributed by atoms with Gasteiger partial charge in [-0.25, -0.2) is 0 Å². The van der Waals surface area contributed by atoms with Crippen LogP contribution in [-0.4, -0.2) is 11.0 Å². The highest BCUT2D eigenvalue weighted by atomic mass is 79.9. The van der Waals surface area contributed by atoms with Gasteiger partial charge in [-0.2, -0.15) is 0 Å². The van der Waals surface area contributed by atoms with Crippen LogP contribution < -0.4 is 5.32 Å². The Labute approximate surface area is 122 Å². The zero-order valence-corrected chi connectivity index (χ0v) is 13.2. The van der Waals surface area contributed by atoms with Gasteiger partial charge in [0.25, 0.3) is 5.69 Å². The topological polar surface area (TPSA) is 55.2 Å². The summed E-state index contributed by atoms with van der Waals surface area (Å²) < 4.78 is 0.866. The zero-order valence-electron chi connectivity index (χ0n) is 11.6. The first-order chi connectivity index (χ1) is 8.99. The van der Waals surface area contributed by atoms with E-state index in [1.807, 2.05) is 6.07 Å². The van der Waals surface area contributed by atoms with E-state index in [9.17, 15) is 10.1 Å².